The lowest BCUT2D eigenvalue weighted by Gasteiger charge is -2.23. The van der Waals surface area contributed by atoms with Crippen molar-refractivity contribution in [1.29, 1.82) is 0 Å². The minimum Gasteiger partial charge on any atom is -0.430 e. The van der Waals surface area contributed by atoms with Gasteiger partial charge in [-0.1, -0.05) is 0 Å². The predicted octanol–water partition coefficient (Wildman–Crippen LogP) is 0.122. The Morgan fingerprint density at radius 3 is 3.00 bits per heavy atom. The Morgan fingerprint density at radius 2 is 2.38 bits per heavy atom. The SMILES string of the molecule is O=C(N[C@@H]1CCCNC1)c1ccc(=O)oc1. The van der Waals surface area contributed by atoms with Crippen molar-refractivity contribution in [3.8, 4) is 0 Å². The summed E-state index contributed by atoms with van der Waals surface area (Å²) in [4.78, 5) is 22.4. The normalized spacial score (nSPS) is 20.4. The van der Waals surface area contributed by atoms with Gasteiger partial charge in [0, 0.05) is 18.7 Å². The number of amides is 1. The molecule has 5 heteroatoms. The molecule has 1 aliphatic rings. The van der Waals surface area contributed by atoms with Crippen molar-refractivity contribution in [2.24, 2.45) is 0 Å². The highest BCUT2D eigenvalue weighted by atomic mass is 16.4. The maximum absolute atomic E-state index is 11.7. The third-order valence-electron chi connectivity index (χ3n) is 2.60. The number of carbonyl (C=O) groups excluding carboxylic acids is 1. The first-order valence-electron chi connectivity index (χ1n) is 5.36. The standard InChI is InChI=1S/C11H14N2O3/c14-10-4-3-8(7-16-10)11(15)13-9-2-1-5-12-6-9/h3-4,7,9,12H,1-2,5-6H2,(H,13,15)/t9-/m1/s1. The van der Waals surface area contributed by atoms with E-state index in [-0.39, 0.29) is 11.9 Å². The molecule has 1 saturated heterocycles. The van der Waals surface area contributed by atoms with E-state index in [1.165, 1.54) is 18.4 Å². The van der Waals surface area contributed by atoms with E-state index in [0.29, 0.717) is 5.56 Å². The highest BCUT2D eigenvalue weighted by molar-refractivity contribution is 5.93. The van der Waals surface area contributed by atoms with E-state index >= 15 is 0 Å². The van der Waals surface area contributed by atoms with Crippen LogP contribution in [0.15, 0.2) is 27.6 Å². The van der Waals surface area contributed by atoms with Crippen molar-refractivity contribution < 1.29 is 9.21 Å². The zero-order valence-corrected chi connectivity index (χ0v) is 8.86. The zero-order chi connectivity index (χ0) is 11.4. The number of nitrogens with one attached hydrogen (secondary N) is 2. The summed E-state index contributed by atoms with van der Waals surface area (Å²) in [6.45, 7) is 1.80. The van der Waals surface area contributed by atoms with Crippen LogP contribution in [0.5, 0.6) is 0 Å². The molecule has 0 spiro atoms. The summed E-state index contributed by atoms with van der Waals surface area (Å²) < 4.78 is 4.64. The number of hydrogen-bond acceptors (Lipinski definition) is 4. The van der Waals surface area contributed by atoms with E-state index in [9.17, 15) is 9.59 Å². The molecule has 1 aliphatic heterocycles. The topological polar surface area (TPSA) is 71.3 Å². The van der Waals surface area contributed by atoms with Crippen LogP contribution in [0.1, 0.15) is 23.2 Å². The van der Waals surface area contributed by atoms with Gasteiger partial charge in [-0.25, -0.2) is 4.79 Å². The molecule has 0 aliphatic carbocycles. The van der Waals surface area contributed by atoms with Gasteiger partial charge in [0.15, 0.2) is 0 Å². The van der Waals surface area contributed by atoms with Crippen LogP contribution in [-0.2, 0) is 0 Å². The molecule has 0 unspecified atom stereocenters. The molecule has 1 aromatic rings. The van der Waals surface area contributed by atoms with E-state index in [2.05, 4.69) is 15.1 Å². The second kappa shape index (κ2) is 4.94. The maximum Gasteiger partial charge on any atom is 0.335 e. The zero-order valence-electron chi connectivity index (χ0n) is 8.86. The molecule has 0 saturated carbocycles. The lowest BCUT2D eigenvalue weighted by atomic mass is 10.1. The third kappa shape index (κ3) is 2.70. The van der Waals surface area contributed by atoms with Gasteiger partial charge >= 0.3 is 5.63 Å². The summed E-state index contributed by atoms with van der Waals surface area (Å²) in [5.41, 5.74) is -0.0685. The van der Waals surface area contributed by atoms with E-state index in [1.807, 2.05) is 0 Å². The second-order valence-corrected chi connectivity index (χ2v) is 3.86. The minimum absolute atomic E-state index is 0.160. The summed E-state index contributed by atoms with van der Waals surface area (Å²) >= 11 is 0. The fourth-order valence-corrected chi connectivity index (χ4v) is 1.73. The Bertz CT molecular complexity index is 401. The van der Waals surface area contributed by atoms with Crippen LogP contribution in [-0.4, -0.2) is 25.0 Å². The fraction of sp³-hybridized carbons (Fsp3) is 0.455. The Kier molecular flexibility index (Phi) is 3.36. The van der Waals surface area contributed by atoms with E-state index in [4.69, 9.17) is 0 Å². The van der Waals surface area contributed by atoms with Crippen molar-refractivity contribution in [3.63, 3.8) is 0 Å². The molecule has 5 nitrogen and oxygen atoms in total. The lowest BCUT2D eigenvalue weighted by molar-refractivity contribution is 0.0928. The van der Waals surface area contributed by atoms with Crippen LogP contribution in [0, 0.1) is 0 Å². The number of carbonyl (C=O) groups is 1. The quantitative estimate of drug-likeness (QED) is 0.745. The van der Waals surface area contributed by atoms with Gasteiger partial charge in [-0.3, -0.25) is 4.79 Å². The molecule has 16 heavy (non-hydrogen) atoms. The molecule has 2 rings (SSSR count). The minimum atomic E-state index is -0.448. The molecule has 0 bridgehead atoms. The summed E-state index contributed by atoms with van der Waals surface area (Å²) in [6, 6.07) is 2.87. The van der Waals surface area contributed by atoms with Crippen LogP contribution in [0.25, 0.3) is 0 Å². The molecule has 2 heterocycles. The van der Waals surface area contributed by atoms with Gasteiger partial charge in [0.1, 0.15) is 6.26 Å². The van der Waals surface area contributed by atoms with Crippen LogP contribution in [0.3, 0.4) is 0 Å². The number of hydrogen-bond donors (Lipinski definition) is 2. The molecule has 1 aromatic heterocycles. The van der Waals surface area contributed by atoms with Crippen LogP contribution < -0.4 is 16.3 Å². The molecular formula is C11H14N2O3. The Morgan fingerprint density at radius 1 is 1.50 bits per heavy atom. The van der Waals surface area contributed by atoms with Crippen LogP contribution >= 0.6 is 0 Å². The van der Waals surface area contributed by atoms with E-state index < -0.39 is 5.63 Å². The van der Waals surface area contributed by atoms with Gasteiger partial charge in [-0.05, 0) is 25.5 Å². The van der Waals surface area contributed by atoms with Crippen molar-refractivity contribution >= 4 is 5.91 Å². The maximum atomic E-state index is 11.7. The van der Waals surface area contributed by atoms with Crippen molar-refractivity contribution in [1.82, 2.24) is 10.6 Å². The van der Waals surface area contributed by atoms with Crippen molar-refractivity contribution in [2.45, 2.75) is 18.9 Å². The van der Waals surface area contributed by atoms with Gasteiger partial charge in [-0.2, -0.15) is 0 Å². The van der Waals surface area contributed by atoms with Crippen molar-refractivity contribution in [2.75, 3.05) is 13.1 Å². The molecule has 86 valence electrons. The number of piperidine rings is 1. The predicted molar refractivity (Wildman–Crippen MR) is 58.3 cm³/mol. The smallest absolute Gasteiger partial charge is 0.335 e. The first-order chi connectivity index (χ1) is 7.75. The van der Waals surface area contributed by atoms with Gasteiger partial charge in [0.05, 0.1) is 5.56 Å². The fourth-order valence-electron chi connectivity index (χ4n) is 1.73. The Labute approximate surface area is 92.8 Å². The lowest BCUT2D eigenvalue weighted by Crippen LogP contribution is -2.45. The van der Waals surface area contributed by atoms with Gasteiger partial charge in [-0.15, -0.1) is 0 Å². The Hall–Kier alpha value is -1.62. The van der Waals surface area contributed by atoms with Crippen molar-refractivity contribution in [3.05, 3.63) is 34.4 Å². The second-order valence-electron chi connectivity index (χ2n) is 3.86. The first kappa shape index (κ1) is 10.9. The molecular weight excluding hydrogens is 208 g/mol. The van der Waals surface area contributed by atoms with Crippen LogP contribution in [0.4, 0.5) is 0 Å². The molecule has 1 fully saturated rings. The molecule has 1 amide bonds. The van der Waals surface area contributed by atoms with Gasteiger partial charge < -0.3 is 15.1 Å². The molecule has 0 radical (unpaired) electrons. The average Bonchev–Trinajstić information content (AvgIpc) is 2.31. The highest BCUT2D eigenvalue weighted by Gasteiger charge is 2.16. The third-order valence-corrected chi connectivity index (χ3v) is 2.60. The summed E-state index contributed by atoms with van der Waals surface area (Å²) in [5.74, 6) is -0.197. The molecule has 2 N–H and O–H groups in total. The monoisotopic (exact) mass is 222 g/mol. The van der Waals surface area contributed by atoms with Gasteiger partial charge in [0.2, 0.25) is 0 Å². The Balaban J connectivity index is 1.96. The number of rotatable bonds is 2. The summed E-state index contributed by atoms with van der Waals surface area (Å²) in [6.07, 6.45) is 3.23. The first-order valence-corrected chi connectivity index (χ1v) is 5.36. The molecule has 0 aromatic carbocycles. The molecule has 1 atom stereocenters. The summed E-state index contributed by atoms with van der Waals surface area (Å²) in [5, 5.41) is 6.10. The average molecular weight is 222 g/mol. The largest absolute Gasteiger partial charge is 0.430 e. The van der Waals surface area contributed by atoms with E-state index in [1.54, 1.807) is 0 Å². The van der Waals surface area contributed by atoms with E-state index in [0.717, 1.165) is 25.9 Å². The highest BCUT2D eigenvalue weighted by Crippen LogP contribution is 2.03. The van der Waals surface area contributed by atoms with Gasteiger partial charge in [0.25, 0.3) is 5.91 Å². The van der Waals surface area contributed by atoms with Crippen LogP contribution in [0.2, 0.25) is 0 Å². The summed E-state index contributed by atoms with van der Waals surface area (Å²) in [7, 11) is 0.